The van der Waals surface area contributed by atoms with Gasteiger partial charge in [-0.3, -0.25) is 0 Å². The molecule has 0 aliphatic heterocycles. The van der Waals surface area contributed by atoms with E-state index >= 15 is 0 Å². The quantitative estimate of drug-likeness (QED) is 0.533. The number of hydrogen-bond donors (Lipinski definition) is 0. The van der Waals surface area contributed by atoms with Crippen LogP contribution >= 0.6 is 15.9 Å². The van der Waals surface area contributed by atoms with E-state index in [0.717, 1.165) is 0 Å². The first-order valence-corrected chi connectivity index (χ1v) is 3.02. The predicted octanol–water partition coefficient (Wildman–Crippen LogP) is 3.03. The molecular weight excluding hydrogens is 239 g/mol. The fourth-order valence-corrected chi connectivity index (χ4v) is 0.314. The van der Waals surface area contributed by atoms with Crippen LogP contribution in [0.3, 0.4) is 0 Å². The van der Waals surface area contributed by atoms with Crippen LogP contribution in [-0.4, -0.2) is 12.8 Å². The third kappa shape index (κ3) is 6.08. The zero-order valence-electron chi connectivity index (χ0n) is 4.88. The molecule has 0 bridgehead atoms. The summed E-state index contributed by atoms with van der Waals surface area (Å²) in [6, 6.07) is -1.91. The van der Waals surface area contributed by atoms with Gasteiger partial charge in [-0.05, 0) is 15.9 Å². The van der Waals surface area contributed by atoms with E-state index in [1.54, 1.807) is 0 Å². The first kappa shape index (κ1) is 10.7. The number of halogens is 6. The number of hydrogen-bond acceptors (Lipinski definition) is 1. The highest BCUT2D eigenvalue weighted by Crippen LogP contribution is 2.20. The summed E-state index contributed by atoms with van der Waals surface area (Å²) in [5.41, 5.74) is 0. The molecule has 0 fully saturated rings. The van der Waals surface area contributed by atoms with E-state index in [1.807, 2.05) is 15.9 Å². The smallest absolute Gasteiger partial charge is 0.422 e. The predicted molar refractivity (Wildman–Crippen MR) is 30.2 cm³/mol. The molecule has 0 saturated heterocycles. The lowest BCUT2D eigenvalue weighted by Crippen LogP contribution is -2.16. The number of alkyl halides is 3. The van der Waals surface area contributed by atoms with Gasteiger partial charge in [-0.25, -0.2) is 0 Å². The molecule has 0 atom stereocenters. The zero-order valence-corrected chi connectivity index (χ0v) is 6.47. The monoisotopic (exact) mass is 240 g/mol. The van der Waals surface area contributed by atoms with Gasteiger partial charge in [0.1, 0.15) is 0 Å². The van der Waals surface area contributed by atoms with Crippen molar-refractivity contribution in [3.63, 3.8) is 0 Å². The van der Waals surface area contributed by atoms with Gasteiger partial charge in [-0.15, -0.1) is 0 Å². The van der Waals surface area contributed by atoms with Crippen molar-refractivity contribution >= 4 is 15.9 Å². The zero-order chi connectivity index (χ0) is 9.07. The van der Waals surface area contributed by atoms with Gasteiger partial charge >= 0.3 is 12.2 Å². The van der Waals surface area contributed by atoms with Gasteiger partial charge in [0.2, 0.25) is 4.74 Å². The standard InChI is InChI=1S/C4H2BrF5O/c5-2(6)3(7)11-1-4(8,9)10/h1H2/b3-2+. The van der Waals surface area contributed by atoms with Crippen LogP contribution < -0.4 is 0 Å². The highest BCUT2D eigenvalue weighted by Gasteiger charge is 2.29. The van der Waals surface area contributed by atoms with Crippen LogP contribution in [0, 0.1) is 0 Å². The van der Waals surface area contributed by atoms with Gasteiger partial charge in [0.25, 0.3) is 0 Å². The Morgan fingerprint density at radius 1 is 1.27 bits per heavy atom. The molecule has 0 amide bonds. The Morgan fingerprint density at radius 3 is 2.00 bits per heavy atom. The fraction of sp³-hybridized carbons (Fsp3) is 0.500. The molecule has 0 heterocycles. The van der Waals surface area contributed by atoms with Crippen LogP contribution in [0.15, 0.2) is 10.7 Å². The minimum absolute atomic E-state index is 1.60. The molecule has 0 unspecified atom stereocenters. The molecule has 0 aliphatic carbocycles. The van der Waals surface area contributed by atoms with E-state index < -0.39 is 23.5 Å². The summed E-state index contributed by atoms with van der Waals surface area (Å²) in [4.78, 5) is 0. The average Bonchev–Trinajstić information content (AvgIpc) is 1.80. The lowest BCUT2D eigenvalue weighted by Gasteiger charge is -2.05. The Morgan fingerprint density at radius 2 is 1.73 bits per heavy atom. The maximum Gasteiger partial charge on any atom is 0.422 e. The summed E-state index contributed by atoms with van der Waals surface area (Å²) in [7, 11) is 0. The van der Waals surface area contributed by atoms with Gasteiger partial charge < -0.3 is 4.74 Å². The van der Waals surface area contributed by atoms with Gasteiger partial charge in [0, 0.05) is 0 Å². The Labute approximate surface area is 67.0 Å². The number of ether oxygens (including phenoxy) is 1. The van der Waals surface area contributed by atoms with E-state index in [9.17, 15) is 22.0 Å². The second-order valence-corrected chi connectivity index (χ2v) is 2.13. The molecular formula is C4H2BrF5O. The lowest BCUT2D eigenvalue weighted by molar-refractivity contribution is -0.169. The van der Waals surface area contributed by atoms with Crippen molar-refractivity contribution in [2.45, 2.75) is 6.18 Å². The largest absolute Gasteiger partial charge is 0.459 e. The van der Waals surface area contributed by atoms with Crippen molar-refractivity contribution in [2.75, 3.05) is 6.61 Å². The van der Waals surface area contributed by atoms with Crippen molar-refractivity contribution < 1.29 is 26.7 Å². The molecule has 0 rings (SSSR count). The normalized spacial score (nSPS) is 14.4. The van der Waals surface area contributed by atoms with Crippen LogP contribution in [0.2, 0.25) is 0 Å². The maximum absolute atomic E-state index is 11.8. The van der Waals surface area contributed by atoms with Crippen molar-refractivity contribution in [3.8, 4) is 0 Å². The van der Waals surface area contributed by atoms with Crippen molar-refractivity contribution in [3.05, 3.63) is 10.7 Å². The second-order valence-electron chi connectivity index (χ2n) is 1.44. The van der Waals surface area contributed by atoms with Gasteiger partial charge in [0.05, 0.1) is 0 Å². The van der Waals surface area contributed by atoms with Crippen LogP contribution in [0.5, 0.6) is 0 Å². The van der Waals surface area contributed by atoms with Crippen molar-refractivity contribution in [2.24, 2.45) is 0 Å². The molecule has 0 aromatic rings. The van der Waals surface area contributed by atoms with Gasteiger partial charge in [-0.2, -0.15) is 22.0 Å². The van der Waals surface area contributed by atoms with E-state index in [2.05, 4.69) is 4.74 Å². The fourth-order valence-electron chi connectivity index (χ4n) is 0.200. The molecule has 0 aromatic carbocycles. The first-order chi connectivity index (χ1) is 4.83. The topological polar surface area (TPSA) is 9.23 Å². The summed E-state index contributed by atoms with van der Waals surface area (Å²) >= 11 is 1.95. The van der Waals surface area contributed by atoms with Gasteiger partial charge in [0.15, 0.2) is 6.61 Å². The molecule has 0 N–H and O–H groups in total. The van der Waals surface area contributed by atoms with Crippen molar-refractivity contribution in [1.82, 2.24) is 0 Å². The third-order valence-corrected chi connectivity index (χ3v) is 0.823. The molecule has 1 nitrogen and oxygen atoms in total. The maximum atomic E-state index is 11.8. The Hall–Kier alpha value is -0.330. The summed E-state index contributed by atoms with van der Waals surface area (Å²) in [5.74, 6) is 0. The molecule has 0 saturated carbocycles. The highest BCUT2D eigenvalue weighted by atomic mass is 79.9. The minimum atomic E-state index is -4.67. The minimum Gasteiger partial charge on any atom is -0.459 e. The average molecular weight is 241 g/mol. The molecule has 0 aliphatic rings. The van der Waals surface area contributed by atoms with E-state index in [4.69, 9.17) is 0 Å². The Bertz CT molecular complexity index is 158. The number of rotatable bonds is 2. The summed E-state index contributed by atoms with van der Waals surface area (Å²) in [6.07, 6.45) is -4.67. The van der Waals surface area contributed by atoms with Crippen LogP contribution in [-0.2, 0) is 4.74 Å². The molecule has 66 valence electrons. The molecule has 11 heavy (non-hydrogen) atoms. The lowest BCUT2D eigenvalue weighted by atomic mass is 10.7. The molecule has 0 spiro atoms. The van der Waals surface area contributed by atoms with E-state index in [0.29, 0.717) is 0 Å². The first-order valence-electron chi connectivity index (χ1n) is 2.23. The van der Waals surface area contributed by atoms with Crippen molar-refractivity contribution in [1.29, 1.82) is 0 Å². The summed E-state index contributed by atoms with van der Waals surface area (Å²) < 4.78 is 58.8. The van der Waals surface area contributed by atoms with E-state index in [1.165, 1.54) is 0 Å². The van der Waals surface area contributed by atoms with Crippen LogP contribution in [0.25, 0.3) is 0 Å². The van der Waals surface area contributed by atoms with Crippen LogP contribution in [0.4, 0.5) is 22.0 Å². The second kappa shape index (κ2) is 3.89. The summed E-state index contributed by atoms with van der Waals surface area (Å²) in [5, 5.41) is 0. The highest BCUT2D eigenvalue weighted by molar-refractivity contribution is 9.11. The van der Waals surface area contributed by atoms with E-state index in [-0.39, 0.29) is 0 Å². The Kier molecular flexibility index (Phi) is 3.77. The Balaban J connectivity index is 3.82. The third-order valence-electron chi connectivity index (χ3n) is 0.511. The SMILES string of the molecule is F/C(Br)=C(\F)OCC(F)(F)F. The van der Waals surface area contributed by atoms with Gasteiger partial charge in [-0.1, -0.05) is 0 Å². The molecule has 0 radical (unpaired) electrons. The molecule has 7 heteroatoms. The van der Waals surface area contributed by atoms with Crippen LogP contribution in [0.1, 0.15) is 0 Å². The summed E-state index contributed by atoms with van der Waals surface area (Å²) in [6.45, 7) is -1.85. The molecule has 0 aromatic heterocycles.